The number of rotatable bonds is 5. The second-order valence-electron chi connectivity index (χ2n) is 5.27. The van der Waals surface area contributed by atoms with Crippen molar-refractivity contribution in [2.75, 3.05) is 16.8 Å². The Labute approximate surface area is 141 Å². The van der Waals surface area contributed by atoms with E-state index in [1.807, 2.05) is 60.7 Å². The van der Waals surface area contributed by atoms with E-state index < -0.39 is 0 Å². The molecular weight excluding hydrogens is 300 g/mol. The van der Waals surface area contributed by atoms with Gasteiger partial charge in [0.15, 0.2) is 0 Å². The minimum absolute atomic E-state index is 0.0708. The molecule has 3 rings (SSSR count). The summed E-state index contributed by atoms with van der Waals surface area (Å²) in [5.74, 6) is 0.00641. The largest absolute Gasteiger partial charge is 0.506 e. The maximum absolute atomic E-state index is 12.8. The van der Waals surface area contributed by atoms with Gasteiger partial charge in [-0.2, -0.15) is 0 Å². The van der Waals surface area contributed by atoms with E-state index in [0.717, 1.165) is 11.4 Å². The summed E-state index contributed by atoms with van der Waals surface area (Å²) in [6.07, 6.45) is 0. The van der Waals surface area contributed by atoms with E-state index in [2.05, 4.69) is 5.32 Å². The first kappa shape index (κ1) is 15.6. The summed E-state index contributed by atoms with van der Waals surface area (Å²) in [7, 11) is 0. The van der Waals surface area contributed by atoms with Gasteiger partial charge in [-0.3, -0.25) is 9.69 Å². The first-order chi connectivity index (χ1) is 11.8. The van der Waals surface area contributed by atoms with Crippen LogP contribution in [0.4, 0.5) is 17.1 Å². The quantitative estimate of drug-likeness (QED) is 0.694. The second kappa shape index (κ2) is 7.33. The number of aromatic hydroxyl groups is 1. The lowest BCUT2D eigenvalue weighted by Gasteiger charge is -2.23. The Kier molecular flexibility index (Phi) is 4.77. The van der Waals surface area contributed by atoms with Crippen LogP contribution >= 0.6 is 0 Å². The SMILES string of the molecule is O=C(CNc1ccccc1O)N(c1ccccc1)c1ccccc1. The van der Waals surface area contributed by atoms with E-state index in [0.29, 0.717) is 5.69 Å². The van der Waals surface area contributed by atoms with Crippen LogP contribution in [-0.4, -0.2) is 17.6 Å². The van der Waals surface area contributed by atoms with Crippen molar-refractivity contribution in [2.45, 2.75) is 0 Å². The molecule has 0 bridgehead atoms. The maximum atomic E-state index is 12.8. The van der Waals surface area contributed by atoms with E-state index >= 15 is 0 Å². The number of phenolic OH excluding ortho intramolecular Hbond substituents is 1. The van der Waals surface area contributed by atoms with Crippen molar-refractivity contribution in [3.63, 3.8) is 0 Å². The lowest BCUT2D eigenvalue weighted by Crippen LogP contribution is -2.31. The third kappa shape index (κ3) is 3.55. The Hall–Kier alpha value is -3.27. The molecule has 0 heterocycles. The van der Waals surface area contributed by atoms with Gasteiger partial charge >= 0.3 is 0 Å². The molecule has 0 radical (unpaired) electrons. The molecule has 2 N–H and O–H groups in total. The molecule has 120 valence electrons. The molecular formula is C20H18N2O2. The monoisotopic (exact) mass is 318 g/mol. The van der Waals surface area contributed by atoms with Crippen molar-refractivity contribution < 1.29 is 9.90 Å². The standard InChI is InChI=1S/C20H18N2O2/c23-19-14-8-7-13-18(19)21-15-20(24)22(16-9-3-1-4-10-16)17-11-5-2-6-12-17/h1-14,21,23H,15H2. The Bertz CT molecular complexity index is 765. The van der Waals surface area contributed by atoms with Crippen LogP contribution in [0.1, 0.15) is 0 Å². The molecule has 4 heteroatoms. The number of carbonyl (C=O) groups is 1. The first-order valence-electron chi connectivity index (χ1n) is 7.70. The van der Waals surface area contributed by atoms with Gasteiger partial charge in [0, 0.05) is 11.4 Å². The van der Waals surface area contributed by atoms with Crippen LogP contribution in [0.15, 0.2) is 84.9 Å². The summed E-state index contributed by atoms with van der Waals surface area (Å²) in [6, 6.07) is 25.9. The van der Waals surface area contributed by atoms with Gasteiger partial charge < -0.3 is 10.4 Å². The van der Waals surface area contributed by atoms with Crippen molar-refractivity contribution in [3.8, 4) is 5.75 Å². The number of anilines is 3. The van der Waals surface area contributed by atoms with Crippen molar-refractivity contribution in [2.24, 2.45) is 0 Å². The van der Waals surface area contributed by atoms with E-state index in [1.165, 1.54) is 0 Å². The molecule has 24 heavy (non-hydrogen) atoms. The molecule has 4 nitrogen and oxygen atoms in total. The van der Waals surface area contributed by atoms with Crippen molar-refractivity contribution in [1.29, 1.82) is 0 Å². The van der Waals surface area contributed by atoms with E-state index in [4.69, 9.17) is 0 Å². The summed E-state index contributed by atoms with van der Waals surface area (Å²) in [5.41, 5.74) is 2.13. The highest BCUT2D eigenvalue weighted by Crippen LogP contribution is 2.26. The molecule has 0 unspecified atom stereocenters. The third-order valence-corrected chi connectivity index (χ3v) is 3.61. The average molecular weight is 318 g/mol. The fraction of sp³-hybridized carbons (Fsp3) is 0.0500. The lowest BCUT2D eigenvalue weighted by molar-refractivity contribution is -0.116. The Morgan fingerprint density at radius 2 is 1.29 bits per heavy atom. The van der Waals surface area contributed by atoms with Gasteiger partial charge in [0.25, 0.3) is 5.91 Å². The molecule has 0 aliphatic rings. The van der Waals surface area contributed by atoms with Crippen LogP contribution in [0, 0.1) is 0 Å². The van der Waals surface area contributed by atoms with Gasteiger partial charge in [0.2, 0.25) is 0 Å². The second-order valence-corrected chi connectivity index (χ2v) is 5.27. The number of hydrogen-bond donors (Lipinski definition) is 2. The third-order valence-electron chi connectivity index (χ3n) is 3.61. The van der Waals surface area contributed by atoms with E-state index in [1.54, 1.807) is 29.2 Å². The average Bonchev–Trinajstić information content (AvgIpc) is 2.63. The molecule has 3 aromatic carbocycles. The summed E-state index contributed by atoms with van der Waals surface area (Å²) in [5, 5.41) is 12.8. The van der Waals surface area contributed by atoms with Crippen molar-refractivity contribution in [3.05, 3.63) is 84.9 Å². The zero-order valence-electron chi connectivity index (χ0n) is 13.1. The Morgan fingerprint density at radius 1 is 0.792 bits per heavy atom. The maximum Gasteiger partial charge on any atom is 0.250 e. The Morgan fingerprint density at radius 3 is 1.83 bits per heavy atom. The zero-order chi connectivity index (χ0) is 16.8. The predicted molar refractivity (Wildman–Crippen MR) is 96.6 cm³/mol. The summed E-state index contributed by atoms with van der Waals surface area (Å²) in [6.45, 7) is 0.0708. The number of hydrogen-bond acceptors (Lipinski definition) is 3. The molecule has 0 aromatic heterocycles. The van der Waals surface area contributed by atoms with Gasteiger partial charge in [0.05, 0.1) is 12.2 Å². The molecule has 0 spiro atoms. The highest BCUT2D eigenvalue weighted by atomic mass is 16.3. The molecule has 0 aliphatic heterocycles. The molecule has 0 saturated carbocycles. The van der Waals surface area contributed by atoms with Gasteiger partial charge in [0.1, 0.15) is 5.75 Å². The molecule has 0 saturated heterocycles. The molecule has 1 amide bonds. The fourth-order valence-electron chi connectivity index (χ4n) is 2.46. The number of amides is 1. The molecule has 0 atom stereocenters. The van der Waals surface area contributed by atoms with Gasteiger partial charge in [-0.05, 0) is 36.4 Å². The van der Waals surface area contributed by atoms with Gasteiger partial charge in [-0.25, -0.2) is 0 Å². The number of nitrogens with zero attached hydrogens (tertiary/aromatic N) is 1. The fourth-order valence-corrected chi connectivity index (χ4v) is 2.46. The smallest absolute Gasteiger partial charge is 0.250 e. The van der Waals surface area contributed by atoms with Crippen LogP contribution in [-0.2, 0) is 4.79 Å². The minimum atomic E-state index is -0.115. The number of nitrogens with one attached hydrogen (secondary N) is 1. The molecule has 0 fully saturated rings. The number of benzene rings is 3. The van der Waals surface area contributed by atoms with E-state index in [-0.39, 0.29) is 18.2 Å². The summed E-state index contributed by atoms with van der Waals surface area (Å²) < 4.78 is 0. The number of carbonyl (C=O) groups excluding carboxylic acids is 1. The number of phenols is 1. The van der Waals surface area contributed by atoms with Crippen LogP contribution in [0.5, 0.6) is 5.75 Å². The van der Waals surface area contributed by atoms with Crippen LogP contribution < -0.4 is 10.2 Å². The normalized spacial score (nSPS) is 10.2. The molecule has 0 aliphatic carbocycles. The Balaban J connectivity index is 1.83. The predicted octanol–water partition coefficient (Wildman–Crippen LogP) is 4.17. The topological polar surface area (TPSA) is 52.6 Å². The van der Waals surface area contributed by atoms with Gasteiger partial charge in [-0.1, -0.05) is 48.5 Å². The summed E-state index contributed by atoms with van der Waals surface area (Å²) in [4.78, 5) is 14.5. The highest BCUT2D eigenvalue weighted by Gasteiger charge is 2.17. The van der Waals surface area contributed by atoms with Gasteiger partial charge in [-0.15, -0.1) is 0 Å². The van der Waals surface area contributed by atoms with Crippen LogP contribution in [0.3, 0.4) is 0 Å². The van der Waals surface area contributed by atoms with Crippen LogP contribution in [0.25, 0.3) is 0 Å². The minimum Gasteiger partial charge on any atom is -0.506 e. The molecule has 3 aromatic rings. The van der Waals surface area contributed by atoms with E-state index in [9.17, 15) is 9.90 Å². The van der Waals surface area contributed by atoms with Crippen molar-refractivity contribution in [1.82, 2.24) is 0 Å². The highest BCUT2D eigenvalue weighted by molar-refractivity contribution is 6.02. The van der Waals surface area contributed by atoms with Crippen molar-refractivity contribution >= 4 is 23.0 Å². The summed E-state index contributed by atoms with van der Waals surface area (Å²) >= 11 is 0. The lowest BCUT2D eigenvalue weighted by atomic mass is 10.2. The zero-order valence-corrected chi connectivity index (χ0v) is 13.1. The van der Waals surface area contributed by atoms with Crippen LogP contribution in [0.2, 0.25) is 0 Å². The number of para-hydroxylation sites is 4. The first-order valence-corrected chi connectivity index (χ1v) is 7.70.